The molecule has 3 aliphatic rings. The molecule has 1 spiro atoms. The molecular formula is C17H23N5. The fourth-order valence-corrected chi connectivity index (χ4v) is 3.90. The summed E-state index contributed by atoms with van der Waals surface area (Å²) in [6, 6.07) is 8.56. The maximum Gasteiger partial charge on any atom is 0.220 e. The van der Waals surface area contributed by atoms with Crippen LogP contribution in [0.2, 0.25) is 0 Å². The lowest BCUT2D eigenvalue weighted by atomic mass is 9.86. The lowest BCUT2D eigenvalue weighted by Crippen LogP contribution is -2.58. The highest BCUT2D eigenvalue weighted by Crippen LogP contribution is 2.47. The van der Waals surface area contributed by atoms with Gasteiger partial charge >= 0.3 is 0 Å². The van der Waals surface area contributed by atoms with Crippen molar-refractivity contribution in [3.8, 4) is 0 Å². The fraction of sp³-hybridized carbons (Fsp3) is 0.529. The Bertz CT molecular complexity index is 638. The van der Waals surface area contributed by atoms with Crippen LogP contribution in [-0.2, 0) is 0 Å². The van der Waals surface area contributed by atoms with Gasteiger partial charge in [0.25, 0.3) is 0 Å². The predicted octanol–water partition coefficient (Wildman–Crippen LogP) is 2.67. The normalized spacial score (nSPS) is 24.1. The second-order valence-corrected chi connectivity index (χ2v) is 6.65. The van der Waals surface area contributed by atoms with Crippen LogP contribution < -0.4 is 16.4 Å². The minimum absolute atomic E-state index is 0.319. The Hall–Kier alpha value is -2.04. The van der Waals surface area contributed by atoms with E-state index in [1.165, 1.54) is 30.5 Å². The number of hydrogen-bond acceptors (Lipinski definition) is 5. The van der Waals surface area contributed by atoms with E-state index in [2.05, 4.69) is 34.2 Å². The molecule has 0 atom stereocenters. The number of anilines is 1. The van der Waals surface area contributed by atoms with Gasteiger partial charge in [0.05, 0.1) is 0 Å². The molecule has 0 amide bonds. The molecule has 0 bridgehead atoms. The topological polar surface area (TPSA) is 80.0 Å². The summed E-state index contributed by atoms with van der Waals surface area (Å²) in [6.45, 7) is 0. The second-order valence-electron chi connectivity index (χ2n) is 6.65. The minimum atomic E-state index is -0.334. The Labute approximate surface area is 131 Å². The van der Waals surface area contributed by atoms with Crippen molar-refractivity contribution >= 4 is 17.6 Å². The summed E-state index contributed by atoms with van der Waals surface area (Å²) in [6.07, 6.45) is 8.08. The monoisotopic (exact) mass is 297 g/mol. The molecule has 0 aromatic heterocycles. The standard InChI is InChI=1S/C17H23N5/c18-15-20-16(19)22(17(21-15)10-4-1-5-11-17)14-7-3-2-6-13(14)12-8-9-12/h2-3,6-7,12H,1,4-5,8-11H2,(H4,18,19,20,21). The van der Waals surface area contributed by atoms with E-state index in [4.69, 9.17) is 16.5 Å². The maximum atomic E-state index is 6.31. The number of aliphatic imine (C=N–C) groups is 2. The zero-order valence-corrected chi connectivity index (χ0v) is 12.8. The van der Waals surface area contributed by atoms with Gasteiger partial charge in [-0.3, -0.25) is 4.90 Å². The van der Waals surface area contributed by atoms with Crippen LogP contribution in [0.4, 0.5) is 5.69 Å². The van der Waals surface area contributed by atoms with Crippen molar-refractivity contribution in [1.82, 2.24) is 0 Å². The van der Waals surface area contributed by atoms with Gasteiger partial charge in [-0.2, -0.15) is 4.99 Å². The van der Waals surface area contributed by atoms with Crippen LogP contribution in [0.25, 0.3) is 0 Å². The molecule has 4 N–H and O–H groups in total. The van der Waals surface area contributed by atoms with E-state index in [1.54, 1.807) is 0 Å². The minimum Gasteiger partial charge on any atom is -0.369 e. The first-order valence-electron chi connectivity index (χ1n) is 8.28. The molecule has 5 nitrogen and oxygen atoms in total. The van der Waals surface area contributed by atoms with Gasteiger partial charge in [0, 0.05) is 5.69 Å². The zero-order chi connectivity index (χ0) is 15.2. The third-order valence-corrected chi connectivity index (χ3v) is 5.05. The predicted molar refractivity (Wildman–Crippen MR) is 90.0 cm³/mol. The van der Waals surface area contributed by atoms with Gasteiger partial charge in [-0.05, 0) is 56.1 Å². The Kier molecular flexibility index (Phi) is 3.10. The number of para-hydroxylation sites is 1. The molecule has 1 aliphatic heterocycles. The number of hydrogen-bond donors (Lipinski definition) is 2. The average molecular weight is 297 g/mol. The van der Waals surface area contributed by atoms with Crippen LogP contribution in [0.1, 0.15) is 56.4 Å². The molecule has 1 aromatic rings. The van der Waals surface area contributed by atoms with Crippen LogP contribution in [0.15, 0.2) is 34.3 Å². The van der Waals surface area contributed by atoms with Crippen molar-refractivity contribution in [1.29, 1.82) is 0 Å². The maximum absolute atomic E-state index is 6.31. The first-order chi connectivity index (χ1) is 10.7. The second kappa shape index (κ2) is 5.00. The van der Waals surface area contributed by atoms with Crippen LogP contribution in [0, 0.1) is 0 Å². The number of benzene rings is 1. The molecule has 5 heteroatoms. The Morgan fingerprint density at radius 1 is 1.05 bits per heavy atom. The molecule has 116 valence electrons. The van der Waals surface area contributed by atoms with Crippen LogP contribution in [0.5, 0.6) is 0 Å². The van der Waals surface area contributed by atoms with Gasteiger partial charge in [0.15, 0.2) is 0 Å². The molecule has 2 aliphatic carbocycles. The smallest absolute Gasteiger partial charge is 0.220 e. The molecule has 4 rings (SSSR count). The van der Waals surface area contributed by atoms with E-state index >= 15 is 0 Å². The average Bonchev–Trinajstić information content (AvgIpc) is 3.32. The summed E-state index contributed by atoms with van der Waals surface area (Å²) < 4.78 is 0. The lowest BCUT2D eigenvalue weighted by molar-refractivity contribution is 0.305. The van der Waals surface area contributed by atoms with Crippen LogP contribution >= 0.6 is 0 Å². The summed E-state index contributed by atoms with van der Waals surface area (Å²) in [5.74, 6) is 1.47. The van der Waals surface area contributed by atoms with E-state index in [9.17, 15) is 0 Å². The Morgan fingerprint density at radius 3 is 2.50 bits per heavy atom. The molecular weight excluding hydrogens is 274 g/mol. The Morgan fingerprint density at radius 2 is 1.77 bits per heavy atom. The van der Waals surface area contributed by atoms with Crippen molar-refractivity contribution in [2.45, 2.75) is 56.5 Å². The quantitative estimate of drug-likeness (QED) is 0.880. The number of nitrogens with two attached hydrogens (primary N) is 2. The summed E-state index contributed by atoms with van der Waals surface area (Å²) in [7, 11) is 0. The number of nitrogens with zero attached hydrogens (tertiary/aromatic N) is 3. The SMILES string of the molecule is NC1=NC2(CCCCC2)N(c2ccccc2C2CC2)C(N)=N1. The van der Waals surface area contributed by atoms with Gasteiger partial charge in [-0.15, -0.1) is 0 Å². The molecule has 1 heterocycles. The molecule has 0 unspecified atom stereocenters. The zero-order valence-electron chi connectivity index (χ0n) is 12.8. The highest BCUT2D eigenvalue weighted by molar-refractivity contribution is 6.06. The fourth-order valence-electron chi connectivity index (χ4n) is 3.90. The van der Waals surface area contributed by atoms with Crippen molar-refractivity contribution < 1.29 is 0 Å². The van der Waals surface area contributed by atoms with Crippen molar-refractivity contribution in [2.24, 2.45) is 21.5 Å². The van der Waals surface area contributed by atoms with Gasteiger partial charge in [0.2, 0.25) is 11.9 Å². The largest absolute Gasteiger partial charge is 0.369 e. The first kappa shape index (κ1) is 13.6. The van der Waals surface area contributed by atoms with E-state index < -0.39 is 0 Å². The summed E-state index contributed by atoms with van der Waals surface area (Å²) in [4.78, 5) is 11.2. The van der Waals surface area contributed by atoms with Crippen molar-refractivity contribution in [3.63, 3.8) is 0 Å². The van der Waals surface area contributed by atoms with Gasteiger partial charge in [-0.25, -0.2) is 4.99 Å². The summed E-state index contributed by atoms with van der Waals surface area (Å²) >= 11 is 0. The van der Waals surface area contributed by atoms with Crippen LogP contribution in [-0.4, -0.2) is 17.6 Å². The number of rotatable bonds is 2. The molecule has 0 saturated heterocycles. The highest BCUT2D eigenvalue weighted by atomic mass is 15.4. The van der Waals surface area contributed by atoms with Gasteiger partial charge in [-0.1, -0.05) is 24.6 Å². The molecule has 22 heavy (non-hydrogen) atoms. The molecule has 0 radical (unpaired) electrons. The third-order valence-electron chi connectivity index (χ3n) is 5.05. The van der Waals surface area contributed by atoms with E-state index in [0.717, 1.165) is 25.7 Å². The van der Waals surface area contributed by atoms with Crippen LogP contribution in [0.3, 0.4) is 0 Å². The molecule has 2 saturated carbocycles. The van der Waals surface area contributed by atoms with Crippen molar-refractivity contribution in [3.05, 3.63) is 29.8 Å². The van der Waals surface area contributed by atoms with E-state index in [-0.39, 0.29) is 5.66 Å². The van der Waals surface area contributed by atoms with E-state index in [1.807, 2.05) is 0 Å². The first-order valence-corrected chi connectivity index (χ1v) is 8.28. The van der Waals surface area contributed by atoms with Gasteiger partial charge < -0.3 is 11.5 Å². The molecule has 2 fully saturated rings. The molecule has 1 aromatic carbocycles. The summed E-state index contributed by atoms with van der Waals surface area (Å²) in [5, 5.41) is 0. The van der Waals surface area contributed by atoms with Crippen molar-refractivity contribution in [2.75, 3.05) is 4.90 Å². The third kappa shape index (κ3) is 2.16. The Balaban J connectivity index is 1.82. The van der Waals surface area contributed by atoms with E-state index in [0.29, 0.717) is 17.8 Å². The lowest BCUT2D eigenvalue weighted by Gasteiger charge is -2.46. The number of guanidine groups is 2. The van der Waals surface area contributed by atoms with Gasteiger partial charge in [0.1, 0.15) is 5.66 Å². The highest BCUT2D eigenvalue weighted by Gasteiger charge is 2.44. The summed E-state index contributed by atoms with van der Waals surface area (Å²) in [5.41, 5.74) is 14.5.